The van der Waals surface area contributed by atoms with Crippen LogP contribution in [0.15, 0.2) is 0 Å². The van der Waals surface area contributed by atoms with Crippen molar-refractivity contribution in [3.8, 4) is 0 Å². The lowest BCUT2D eigenvalue weighted by Gasteiger charge is -2.32. The number of hydrogen-bond donors (Lipinski definition) is 0. The quantitative estimate of drug-likeness (QED) is 0.354. The molecule has 4 nitrogen and oxygen atoms in total. The maximum absolute atomic E-state index is 13.2. The van der Waals surface area contributed by atoms with Crippen molar-refractivity contribution in [3.63, 3.8) is 0 Å². The van der Waals surface area contributed by atoms with Gasteiger partial charge in [-0.2, -0.15) is 0 Å². The third kappa shape index (κ3) is 6.50. The Hall–Kier alpha value is -1.06. The van der Waals surface area contributed by atoms with Crippen LogP contribution in [0.25, 0.3) is 0 Å². The fourth-order valence-corrected chi connectivity index (χ4v) is 4.77. The largest absolute Gasteiger partial charge is 0.462 e. The zero-order chi connectivity index (χ0) is 19.9. The molecule has 0 aliphatic heterocycles. The summed E-state index contributed by atoms with van der Waals surface area (Å²) < 4.78 is 11.2. The first-order chi connectivity index (χ1) is 12.8. The van der Waals surface area contributed by atoms with Crippen molar-refractivity contribution in [1.29, 1.82) is 0 Å². The molecule has 0 amide bonds. The zero-order valence-corrected chi connectivity index (χ0v) is 17.9. The average Bonchev–Trinajstić information content (AvgIpc) is 3.27. The number of esters is 2. The van der Waals surface area contributed by atoms with Crippen molar-refractivity contribution in [3.05, 3.63) is 0 Å². The summed E-state index contributed by atoms with van der Waals surface area (Å²) in [5.41, 5.74) is -1.13. The highest BCUT2D eigenvalue weighted by molar-refractivity contribution is 6.00. The Balaban J connectivity index is 2.19. The van der Waals surface area contributed by atoms with Crippen molar-refractivity contribution in [2.75, 3.05) is 0 Å². The van der Waals surface area contributed by atoms with E-state index in [4.69, 9.17) is 9.47 Å². The van der Waals surface area contributed by atoms with E-state index >= 15 is 0 Å². The van der Waals surface area contributed by atoms with E-state index in [1.807, 2.05) is 27.7 Å². The molecule has 0 bridgehead atoms. The van der Waals surface area contributed by atoms with Crippen molar-refractivity contribution >= 4 is 11.9 Å². The van der Waals surface area contributed by atoms with E-state index in [0.717, 1.165) is 12.8 Å². The van der Waals surface area contributed by atoms with Crippen LogP contribution in [0.4, 0.5) is 0 Å². The van der Waals surface area contributed by atoms with Crippen LogP contribution in [-0.2, 0) is 19.1 Å². The van der Waals surface area contributed by atoms with E-state index in [9.17, 15) is 9.59 Å². The minimum Gasteiger partial charge on any atom is -0.462 e. The first-order valence-electron chi connectivity index (χ1n) is 11.3. The van der Waals surface area contributed by atoms with Gasteiger partial charge in [0.05, 0.1) is 12.2 Å². The molecule has 2 rings (SSSR count). The molecule has 0 N–H and O–H groups in total. The first kappa shape index (κ1) is 22.2. The van der Waals surface area contributed by atoms with Crippen LogP contribution in [0.1, 0.15) is 105 Å². The Bertz CT molecular complexity index is 427. The van der Waals surface area contributed by atoms with Gasteiger partial charge >= 0.3 is 11.9 Å². The first-order valence-corrected chi connectivity index (χ1v) is 11.3. The molecule has 0 radical (unpaired) electrons. The topological polar surface area (TPSA) is 52.6 Å². The lowest BCUT2D eigenvalue weighted by atomic mass is 9.75. The number of carbonyl (C=O) groups is 2. The Morgan fingerprint density at radius 3 is 1.37 bits per heavy atom. The van der Waals surface area contributed by atoms with E-state index in [2.05, 4.69) is 0 Å². The lowest BCUT2D eigenvalue weighted by Crippen LogP contribution is -2.44. The van der Waals surface area contributed by atoms with Gasteiger partial charge in [-0.1, -0.05) is 51.4 Å². The maximum Gasteiger partial charge on any atom is 0.323 e. The van der Waals surface area contributed by atoms with Gasteiger partial charge in [0, 0.05) is 0 Å². The molecule has 0 aromatic heterocycles. The second kappa shape index (κ2) is 10.5. The molecule has 0 heterocycles. The molecule has 2 aliphatic carbocycles. The van der Waals surface area contributed by atoms with Crippen LogP contribution in [-0.4, -0.2) is 24.1 Å². The van der Waals surface area contributed by atoms with Crippen LogP contribution >= 0.6 is 0 Å². The van der Waals surface area contributed by atoms with Gasteiger partial charge in [-0.15, -0.1) is 0 Å². The summed E-state index contributed by atoms with van der Waals surface area (Å²) in [5, 5.41) is 0. The summed E-state index contributed by atoms with van der Waals surface area (Å²) in [6.07, 6.45) is 12.5. The van der Waals surface area contributed by atoms with Gasteiger partial charge in [0.15, 0.2) is 5.41 Å². The molecule has 0 atom stereocenters. The molecule has 0 spiro atoms. The summed E-state index contributed by atoms with van der Waals surface area (Å²) in [6, 6.07) is 0. The van der Waals surface area contributed by atoms with Crippen molar-refractivity contribution in [2.45, 2.75) is 117 Å². The van der Waals surface area contributed by atoms with Crippen LogP contribution < -0.4 is 0 Å². The fourth-order valence-electron chi connectivity index (χ4n) is 4.77. The van der Waals surface area contributed by atoms with Gasteiger partial charge in [0.1, 0.15) is 0 Å². The molecule has 2 saturated carbocycles. The summed E-state index contributed by atoms with van der Waals surface area (Å²) in [6.45, 7) is 7.41. The molecule has 27 heavy (non-hydrogen) atoms. The summed E-state index contributed by atoms with van der Waals surface area (Å²) >= 11 is 0. The summed E-state index contributed by atoms with van der Waals surface area (Å²) in [5.74, 6) is 0.544. The molecule has 0 aromatic carbocycles. The SMILES string of the molecule is CC(C)OC(=O)C(CCC1CCCC1)(CCC1CCCC1)C(=O)OC(C)C. The van der Waals surface area contributed by atoms with E-state index in [-0.39, 0.29) is 24.1 Å². The lowest BCUT2D eigenvalue weighted by molar-refractivity contribution is -0.179. The fraction of sp³-hybridized carbons (Fsp3) is 0.913. The van der Waals surface area contributed by atoms with Crippen molar-refractivity contribution in [1.82, 2.24) is 0 Å². The third-order valence-electron chi connectivity index (χ3n) is 6.38. The van der Waals surface area contributed by atoms with Gasteiger partial charge in [-0.05, 0) is 65.2 Å². The summed E-state index contributed by atoms with van der Waals surface area (Å²) in [4.78, 5) is 26.4. The Kier molecular flexibility index (Phi) is 8.62. The number of rotatable bonds is 10. The standard InChI is InChI=1S/C23H40O4/c1-17(2)26-21(24)23(22(25)27-18(3)4,15-13-19-9-5-6-10-19)16-14-20-11-7-8-12-20/h17-20H,5-16H2,1-4H3. The Morgan fingerprint density at radius 2 is 1.07 bits per heavy atom. The van der Waals surface area contributed by atoms with Gasteiger partial charge < -0.3 is 9.47 Å². The highest BCUT2D eigenvalue weighted by atomic mass is 16.6. The predicted octanol–water partition coefficient (Wildman–Crippen LogP) is 5.82. The monoisotopic (exact) mass is 380 g/mol. The highest BCUT2D eigenvalue weighted by Crippen LogP contribution is 2.41. The molecule has 0 aromatic rings. The smallest absolute Gasteiger partial charge is 0.323 e. The van der Waals surface area contributed by atoms with Crippen LogP contribution in [0, 0.1) is 17.3 Å². The van der Waals surface area contributed by atoms with E-state index in [1.54, 1.807) is 0 Å². The highest BCUT2D eigenvalue weighted by Gasteiger charge is 2.49. The molecular weight excluding hydrogens is 340 g/mol. The third-order valence-corrected chi connectivity index (χ3v) is 6.38. The molecule has 0 saturated heterocycles. The van der Waals surface area contributed by atoms with Crippen LogP contribution in [0.5, 0.6) is 0 Å². The second-order valence-corrected chi connectivity index (χ2v) is 9.37. The number of ether oxygens (including phenoxy) is 2. The number of hydrogen-bond acceptors (Lipinski definition) is 4. The van der Waals surface area contributed by atoms with Gasteiger partial charge in [-0.25, -0.2) is 0 Å². The number of carbonyl (C=O) groups excluding carboxylic acids is 2. The predicted molar refractivity (Wildman–Crippen MR) is 107 cm³/mol. The molecule has 156 valence electrons. The van der Waals surface area contributed by atoms with Gasteiger partial charge in [-0.3, -0.25) is 9.59 Å². The Labute approximate surface area is 165 Å². The van der Waals surface area contributed by atoms with Crippen LogP contribution in [0.2, 0.25) is 0 Å². The van der Waals surface area contributed by atoms with Gasteiger partial charge in [0.2, 0.25) is 0 Å². The van der Waals surface area contributed by atoms with Crippen molar-refractivity contribution < 1.29 is 19.1 Å². The molecular formula is C23H40O4. The van der Waals surface area contributed by atoms with E-state index in [1.165, 1.54) is 51.4 Å². The minimum atomic E-state index is -1.13. The molecule has 2 fully saturated rings. The van der Waals surface area contributed by atoms with Crippen molar-refractivity contribution in [2.24, 2.45) is 17.3 Å². The molecule has 0 unspecified atom stereocenters. The maximum atomic E-state index is 13.2. The normalized spacial score (nSPS) is 19.2. The van der Waals surface area contributed by atoms with E-state index in [0.29, 0.717) is 24.7 Å². The summed E-state index contributed by atoms with van der Waals surface area (Å²) in [7, 11) is 0. The Morgan fingerprint density at radius 1 is 0.741 bits per heavy atom. The van der Waals surface area contributed by atoms with Crippen LogP contribution in [0.3, 0.4) is 0 Å². The second-order valence-electron chi connectivity index (χ2n) is 9.37. The molecule has 4 heteroatoms. The minimum absolute atomic E-state index is 0.221. The van der Waals surface area contributed by atoms with E-state index < -0.39 is 5.41 Å². The molecule has 2 aliphatic rings. The zero-order valence-electron chi connectivity index (χ0n) is 17.9. The average molecular weight is 381 g/mol. The van der Waals surface area contributed by atoms with Gasteiger partial charge in [0.25, 0.3) is 0 Å².